The molecule has 1 aliphatic carbocycles. The van der Waals surface area contributed by atoms with Gasteiger partial charge in [0.05, 0.1) is 0 Å². The summed E-state index contributed by atoms with van der Waals surface area (Å²) >= 11 is 0. The second kappa shape index (κ2) is 35.2. The van der Waals surface area contributed by atoms with Gasteiger partial charge in [-0.2, -0.15) is 0 Å². The maximum atomic E-state index is 1.50. The van der Waals surface area contributed by atoms with Crippen molar-refractivity contribution in [3.63, 3.8) is 0 Å². The summed E-state index contributed by atoms with van der Waals surface area (Å²) in [4.78, 5) is 0. The molecule has 0 aromatic rings. The van der Waals surface area contributed by atoms with E-state index in [0.29, 0.717) is 0 Å². The van der Waals surface area contributed by atoms with Gasteiger partial charge in [-0.05, 0) is 0 Å². The Bertz CT molecular complexity index is 213. The third kappa shape index (κ3) is 32.5. The van der Waals surface area contributed by atoms with Gasteiger partial charge in [-0.25, -0.2) is 0 Å². The van der Waals surface area contributed by atoms with Crippen LogP contribution in [0.25, 0.3) is 0 Å². The van der Waals surface area contributed by atoms with Crippen molar-refractivity contribution in [2.75, 3.05) is 0 Å². The molecule has 0 amide bonds. The molecule has 0 heterocycles. The van der Waals surface area contributed by atoms with Gasteiger partial charge >= 0.3 is 0 Å². The Balaban J connectivity index is 2.00. The Morgan fingerprint density at radius 3 is 0.100 bits per heavy atom. The average Bonchev–Trinajstić information content (AvgIpc) is 2.97. The van der Waals surface area contributed by atoms with E-state index in [9.17, 15) is 0 Å². The Hall–Kier alpha value is 0. The van der Waals surface area contributed by atoms with Crippen LogP contribution in [0.1, 0.15) is 257 Å². The van der Waals surface area contributed by atoms with Crippen LogP contribution in [0.2, 0.25) is 0 Å². The summed E-state index contributed by atoms with van der Waals surface area (Å²) in [6, 6.07) is 0. The fraction of sp³-hybridized carbons (Fsp3) is 1.00. The van der Waals surface area contributed by atoms with Crippen molar-refractivity contribution in [3.8, 4) is 0 Å². The van der Waals surface area contributed by atoms with Crippen molar-refractivity contribution >= 4 is 0 Å². The summed E-state index contributed by atoms with van der Waals surface area (Å²) in [5, 5.41) is 0. The highest BCUT2D eigenvalue weighted by atomic mass is 14.0. The van der Waals surface area contributed by atoms with Crippen LogP contribution < -0.4 is 0 Å². The lowest BCUT2D eigenvalue weighted by Gasteiger charge is -2.05. The molecule has 0 heteroatoms. The van der Waals surface area contributed by atoms with Crippen molar-refractivity contribution < 1.29 is 0 Å². The quantitative estimate of drug-likeness (QED) is 0.276. The highest BCUT2D eigenvalue weighted by Crippen LogP contribution is 2.18. The Kier molecular flexibility index (Phi) is 33.5. The molecule has 0 bridgehead atoms. The Labute approximate surface area is 256 Å². The minimum atomic E-state index is 1.50. The summed E-state index contributed by atoms with van der Waals surface area (Å²) in [7, 11) is 0. The lowest BCUT2D eigenvalue weighted by atomic mass is 10.0. The first-order valence-electron chi connectivity index (χ1n) is 20.0. The predicted octanol–water partition coefficient (Wildman–Crippen LogP) is 15.6. The molecule has 0 N–H and O–H groups in total. The minimum absolute atomic E-state index is 1.50. The topological polar surface area (TPSA) is 0 Å². The molecular weight excluding hydrogens is 480 g/mol. The molecule has 1 fully saturated rings. The maximum absolute atomic E-state index is 1.50. The smallest absolute Gasteiger partial charge is 0.0533 e. The molecule has 0 unspecified atom stereocenters. The predicted molar refractivity (Wildman–Crippen MR) is 185 cm³/mol. The van der Waals surface area contributed by atoms with Crippen molar-refractivity contribution in [2.24, 2.45) is 0 Å². The molecule has 0 aromatic heterocycles. The third-order valence-electron chi connectivity index (χ3n) is 10.00. The van der Waals surface area contributed by atoms with Gasteiger partial charge in [0, 0.05) is 0 Å². The van der Waals surface area contributed by atoms with Crippen LogP contribution in [0.4, 0.5) is 0 Å². The highest BCUT2D eigenvalue weighted by Gasteiger charge is 1.98. The number of hydrogen-bond acceptors (Lipinski definition) is 0. The molecule has 1 saturated carbocycles. The first-order valence-corrected chi connectivity index (χ1v) is 20.0. The maximum Gasteiger partial charge on any atom is -0.0533 e. The van der Waals surface area contributed by atoms with Crippen LogP contribution in [0.5, 0.6) is 0 Å². The van der Waals surface area contributed by atoms with Crippen molar-refractivity contribution in [2.45, 2.75) is 257 Å². The van der Waals surface area contributed by atoms with E-state index >= 15 is 0 Å². The second-order valence-corrected chi connectivity index (χ2v) is 14.1. The zero-order valence-electron chi connectivity index (χ0n) is 28.3. The first kappa shape index (κ1) is 38.0. The third-order valence-corrected chi connectivity index (χ3v) is 10.00. The molecule has 1 aliphatic rings. The normalized spacial score (nSPS) is 24.0. The van der Waals surface area contributed by atoms with E-state index in [1.807, 2.05) is 0 Å². The van der Waals surface area contributed by atoms with Crippen LogP contribution in [0.15, 0.2) is 0 Å². The molecular formula is C40H80. The molecule has 0 spiro atoms. The first-order chi connectivity index (χ1) is 20.0. The largest absolute Gasteiger partial charge is 0.0533 e. The van der Waals surface area contributed by atoms with Gasteiger partial charge in [-0.3, -0.25) is 0 Å². The summed E-state index contributed by atoms with van der Waals surface area (Å²) in [6.45, 7) is 0. The molecule has 0 saturated heterocycles. The van der Waals surface area contributed by atoms with Crippen LogP contribution in [0.3, 0.4) is 0 Å². The molecule has 0 radical (unpaired) electrons. The zero-order chi connectivity index (χ0) is 28.3. The van der Waals surface area contributed by atoms with Gasteiger partial charge in [0.15, 0.2) is 0 Å². The average molecular weight is 561 g/mol. The summed E-state index contributed by atoms with van der Waals surface area (Å²) in [5.41, 5.74) is 0. The molecule has 0 aliphatic heterocycles. The van der Waals surface area contributed by atoms with Gasteiger partial charge in [0.1, 0.15) is 0 Å². The highest BCUT2D eigenvalue weighted by molar-refractivity contribution is 4.54. The number of rotatable bonds is 0. The lowest BCUT2D eigenvalue weighted by Crippen LogP contribution is -1.85. The van der Waals surface area contributed by atoms with Gasteiger partial charge in [-0.1, -0.05) is 257 Å². The molecule has 0 atom stereocenters. The monoisotopic (exact) mass is 561 g/mol. The van der Waals surface area contributed by atoms with Gasteiger partial charge in [0.25, 0.3) is 0 Å². The molecule has 40 heavy (non-hydrogen) atoms. The van der Waals surface area contributed by atoms with E-state index in [0.717, 1.165) is 0 Å². The fourth-order valence-corrected chi connectivity index (χ4v) is 7.07. The van der Waals surface area contributed by atoms with E-state index in [-0.39, 0.29) is 0 Å². The number of hydrogen-bond donors (Lipinski definition) is 0. The van der Waals surface area contributed by atoms with E-state index in [2.05, 4.69) is 0 Å². The fourth-order valence-electron chi connectivity index (χ4n) is 7.07. The summed E-state index contributed by atoms with van der Waals surface area (Å²) in [6.07, 6.45) is 60.0. The van der Waals surface area contributed by atoms with Crippen LogP contribution >= 0.6 is 0 Å². The van der Waals surface area contributed by atoms with Crippen molar-refractivity contribution in [1.29, 1.82) is 0 Å². The SMILES string of the molecule is C1CCCCCCCCCCCCCCCCCCCCCCCCCCCCCCCCCCCCCCC1. The molecule has 1 rings (SSSR count). The van der Waals surface area contributed by atoms with Gasteiger partial charge in [0.2, 0.25) is 0 Å². The van der Waals surface area contributed by atoms with E-state index in [1.54, 1.807) is 0 Å². The van der Waals surface area contributed by atoms with Crippen LogP contribution in [-0.4, -0.2) is 0 Å². The van der Waals surface area contributed by atoms with Gasteiger partial charge < -0.3 is 0 Å². The Morgan fingerprint density at radius 1 is 0.0500 bits per heavy atom. The Morgan fingerprint density at radius 2 is 0.0750 bits per heavy atom. The van der Waals surface area contributed by atoms with E-state index in [4.69, 9.17) is 0 Å². The lowest BCUT2D eigenvalue weighted by molar-refractivity contribution is 0.504. The summed E-state index contributed by atoms with van der Waals surface area (Å²) in [5.74, 6) is 0. The van der Waals surface area contributed by atoms with Crippen LogP contribution in [-0.2, 0) is 0 Å². The molecule has 0 aromatic carbocycles. The van der Waals surface area contributed by atoms with Crippen molar-refractivity contribution in [1.82, 2.24) is 0 Å². The summed E-state index contributed by atoms with van der Waals surface area (Å²) < 4.78 is 0. The van der Waals surface area contributed by atoms with E-state index < -0.39 is 0 Å². The standard InChI is InChI=1S/C40H80/c1-2-4-6-8-10-12-14-16-18-20-22-24-26-28-30-32-34-36-38-40-39-37-35-33-31-29-27-25-23-21-19-17-15-13-11-9-7-5-3-1/h1-40H2. The molecule has 0 nitrogen and oxygen atoms in total. The van der Waals surface area contributed by atoms with Gasteiger partial charge in [-0.15, -0.1) is 0 Å². The second-order valence-electron chi connectivity index (χ2n) is 14.1. The minimum Gasteiger partial charge on any atom is -0.0533 e. The molecule has 240 valence electrons. The van der Waals surface area contributed by atoms with Crippen LogP contribution in [0, 0.1) is 0 Å². The zero-order valence-corrected chi connectivity index (χ0v) is 28.3. The van der Waals surface area contributed by atoms with E-state index in [1.165, 1.54) is 257 Å². The van der Waals surface area contributed by atoms with Crippen molar-refractivity contribution in [3.05, 3.63) is 0 Å².